The third kappa shape index (κ3) is 7.90. The number of carbonyl (C=O) groups excluding carboxylic acids is 3. The second-order valence-electron chi connectivity index (χ2n) is 7.25. The van der Waals surface area contributed by atoms with Crippen LogP contribution in [0, 0.1) is 0 Å². The summed E-state index contributed by atoms with van der Waals surface area (Å²) in [6, 6.07) is 14.0. The molecule has 31 heavy (non-hydrogen) atoms. The quantitative estimate of drug-likeness (QED) is 0.174. The van der Waals surface area contributed by atoms with Crippen molar-refractivity contribution in [2.75, 3.05) is 11.9 Å². The fraction of sp³-hybridized carbons (Fsp3) is 0.192. The lowest BCUT2D eigenvalue weighted by molar-refractivity contribution is -0.130. The molecule has 2 rings (SSSR count). The molecule has 5 heteroatoms. The van der Waals surface area contributed by atoms with E-state index in [1.165, 1.54) is 6.08 Å². The Morgan fingerprint density at radius 3 is 2.16 bits per heavy atom. The summed E-state index contributed by atoms with van der Waals surface area (Å²) in [6.07, 6.45) is 4.48. The zero-order valence-electron chi connectivity index (χ0n) is 17.9. The van der Waals surface area contributed by atoms with Gasteiger partial charge < -0.3 is 10.1 Å². The van der Waals surface area contributed by atoms with E-state index in [2.05, 4.69) is 18.5 Å². The van der Waals surface area contributed by atoms with Gasteiger partial charge >= 0.3 is 5.97 Å². The Labute approximate surface area is 183 Å². The van der Waals surface area contributed by atoms with Crippen molar-refractivity contribution in [3.63, 3.8) is 0 Å². The van der Waals surface area contributed by atoms with Gasteiger partial charge in [0.25, 0.3) is 0 Å². The fourth-order valence-electron chi connectivity index (χ4n) is 2.56. The summed E-state index contributed by atoms with van der Waals surface area (Å²) in [5.74, 6) is -0.200. The lowest BCUT2D eigenvalue weighted by Gasteiger charge is -2.06. The van der Waals surface area contributed by atoms with Gasteiger partial charge in [0.15, 0.2) is 11.6 Å². The number of benzene rings is 2. The standard InChI is InChI=1S/C26H27NO4/c1-18(2)24(28)6-5-17-27-22-12-7-20(8-13-22)9-16-25(29)21-10-14-23(15-11-21)31-26(30)19(3)4/h7-16,27H,1,3,5-6,17H2,2,4H3/b16-9+. The summed E-state index contributed by atoms with van der Waals surface area (Å²) < 4.78 is 5.11. The number of rotatable bonds is 11. The second kappa shape index (κ2) is 11.5. The molecule has 0 bridgehead atoms. The first-order valence-electron chi connectivity index (χ1n) is 9.99. The van der Waals surface area contributed by atoms with Crippen molar-refractivity contribution in [2.24, 2.45) is 0 Å². The minimum Gasteiger partial charge on any atom is -0.423 e. The van der Waals surface area contributed by atoms with E-state index < -0.39 is 5.97 Å². The highest BCUT2D eigenvalue weighted by atomic mass is 16.5. The highest BCUT2D eigenvalue weighted by Gasteiger charge is 2.07. The maximum atomic E-state index is 12.3. The van der Waals surface area contributed by atoms with Crippen molar-refractivity contribution in [3.8, 4) is 5.75 Å². The SMILES string of the molecule is C=C(C)C(=O)CCCNc1ccc(/C=C/C(=O)c2ccc(OC(=O)C(=C)C)cc2)cc1. The Bertz CT molecular complexity index is 999. The molecule has 0 heterocycles. The van der Waals surface area contributed by atoms with Crippen LogP contribution in [0.1, 0.15) is 42.6 Å². The first kappa shape index (κ1) is 23.5. The van der Waals surface area contributed by atoms with Crippen LogP contribution in [0.5, 0.6) is 5.75 Å². The number of ketones is 2. The zero-order valence-corrected chi connectivity index (χ0v) is 17.9. The van der Waals surface area contributed by atoms with Crippen LogP contribution in [0.25, 0.3) is 6.08 Å². The topological polar surface area (TPSA) is 72.5 Å². The second-order valence-corrected chi connectivity index (χ2v) is 7.25. The summed E-state index contributed by atoms with van der Waals surface area (Å²) in [4.78, 5) is 35.4. The molecule has 2 aromatic carbocycles. The lowest BCUT2D eigenvalue weighted by atomic mass is 10.1. The van der Waals surface area contributed by atoms with Gasteiger partial charge in [0.05, 0.1) is 0 Å². The van der Waals surface area contributed by atoms with E-state index in [1.807, 2.05) is 24.3 Å². The third-order valence-corrected chi connectivity index (χ3v) is 4.42. The molecule has 5 nitrogen and oxygen atoms in total. The van der Waals surface area contributed by atoms with Gasteiger partial charge in [-0.25, -0.2) is 4.79 Å². The van der Waals surface area contributed by atoms with E-state index in [-0.39, 0.29) is 11.6 Å². The zero-order chi connectivity index (χ0) is 22.8. The molecule has 0 saturated carbocycles. The highest BCUT2D eigenvalue weighted by molar-refractivity contribution is 6.06. The van der Waals surface area contributed by atoms with Gasteiger partial charge in [-0.1, -0.05) is 31.4 Å². The first-order valence-corrected chi connectivity index (χ1v) is 9.99. The Hall–Kier alpha value is -3.73. The number of ether oxygens (including phenoxy) is 1. The van der Waals surface area contributed by atoms with E-state index in [1.54, 1.807) is 44.2 Å². The molecule has 0 unspecified atom stereocenters. The monoisotopic (exact) mass is 417 g/mol. The van der Waals surface area contributed by atoms with Crippen LogP contribution in [0.15, 0.2) is 78.9 Å². The van der Waals surface area contributed by atoms with Crippen molar-refractivity contribution >= 4 is 29.3 Å². The predicted molar refractivity (Wildman–Crippen MR) is 124 cm³/mol. The molecule has 0 aliphatic carbocycles. The molecule has 0 fully saturated rings. The van der Waals surface area contributed by atoms with Crippen LogP contribution < -0.4 is 10.1 Å². The summed E-state index contributed by atoms with van der Waals surface area (Å²) in [5, 5.41) is 3.27. The number of anilines is 1. The summed E-state index contributed by atoms with van der Waals surface area (Å²) >= 11 is 0. The third-order valence-electron chi connectivity index (χ3n) is 4.42. The maximum absolute atomic E-state index is 12.3. The van der Waals surface area contributed by atoms with Crippen LogP contribution in [-0.4, -0.2) is 24.1 Å². The van der Waals surface area contributed by atoms with Gasteiger partial charge in [-0.15, -0.1) is 0 Å². The molecule has 0 saturated heterocycles. The van der Waals surface area contributed by atoms with Crippen molar-refractivity contribution in [1.82, 2.24) is 0 Å². The van der Waals surface area contributed by atoms with Crippen LogP contribution in [0.2, 0.25) is 0 Å². The van der Waals surface area contributed by atoms with Crippen molar-refractivity contribution < 1.29 is 19.1 Å². The van der Waals surface area contributed by atoms with Gasteiger partial charge in [-0.2, -0.15) is 0 Å². The molecule has 0 aliphatic heterocycles. The molecule has 2 aromatic rings. The van der Waals surface area contributed by atoms with Crippen molar-refractivity contribution in [1.29, 1.82) is 0 Å². The van der Waals surface area contributed by atoms with Gasteiger partial charge in [-0.3, -0.25) is 9.59 Å². The molecule has 1 N–H and O–H groups in total. The number of esters is 1. The van der Waals surface area contributed by atoms with E-state index in [4.69, 9.17) is 4.74 Å². The number of Topliss-reactive ketones (excluding diaryl/α,β-unsaturated/α-hetero) is 1. The van der Waals surface area contributed by atoms with Gasteiger partial charge in [0.2, 0.25) is 0 Å². The molecule has 0 spiro atoms. The molecular formula is C26H27NO4. The average molecular weight is 418 g/mol. The van der Waals surface area contributed by atoms with Crippen molar-refractivity contribution in [3.05, 3.63) is 90.0 Å². The van der Waals surface area contributed by atoms with Crippen LogP contribution in [0.3, 0.4) is 0 Å². The number of hydrogen-bond donors (Lipinski definition) is 1. The van der Waals surface area contributed by atoms with E-state index >= 15 is 0 Å². The summed E-state index contributed by atoms with van der Waals surface area (Å²) in [6.45, 7) is 11.2. The largest absolute Gasteiger partial charge is 0.423 e. The Morgan fingerprint density at radius 2 is 1.58 bits per heavy atom. The van der Waals surface area contributed by atoms with E-state index in [0.717, 1.165) is 17.7 Å². The van der Waals surface area contributed by atoms with E-state index in [9.17, 15) is 14.4 Å². The Morgan fingerprint density at radius 1 is 0.935 bits per heavy atom. The van der Waals surface area contributed by atoms with Crippen LogP contribution >= 0.6 is 0 Å². The van der Waals surface area contributed by atoms with E-state index in [0.29, 0.717) is 35.4 Å². The number of carbonyl (C=O) groups is 3. The molecular weight excluding hydrogens is 390 g/mol. The van der Waals surface area contributed by atoms with Gasteiger partial charge in [-0.05, 0) is 73.9 Å². The number of hydrogen-bond acceptors (Lipinski definition) is 5. The maximum Gasteiger partial charge on any atom is 0.338 e. The molecule has 0 atom stereocenters. The molecule has 0 radical (unpaired) electrons. The highest BCUT2D eigenvalue weighted by Crippen LogP contribution is 2.16. The molecule has 0 aromatic heterocycles. The minimum atomic E-state index is -0.503. The normalized spacial score (nSPS) is 10.5. The lowest BCUT2D eigenvalue weighted by Crippen LogP contribution is -2.08. The predicted octanol–water partition coefficient (Wildman–Crippen LogP) is 5.40. The first-order chi connectivity index (χ1) is 14.8. The van der Waals surface area contributed by atoms with Gasteiger partial charge in [0.1, 0.15) is 5.75 Å². The van der Waals surface area contributed by atoms with Crippen molar-refractivity contribution in [2.45, 2.75) is 26.7 Å². The van der Waals surface area contributed by atoms with Crippen LogP contribution in [0.4, 0.5) is 5.69 Å². The molecule has 160 valence electrons. The minimum absolute atomic E-state index is 0.0921. The smallest absolute Gasteiger partial charge is 0.338 e. The van der Waals surface area contributed by atoms with Gasteiger partial charge in [0, 0.05) is 29.8 Å². The molecule has 0 aliphatic rings. The summed E-state index contributed by atoms with van der Waals surface area (Å²) in [5.41, 5.74) is 3.23. The average Bonchev–Trinajstić information content (AvgIpc) is 2.76. The van der Waals surface area contributed by atoms with Crippen LogP contribution in [-0.2, 0) is 9.59 Å². The molecule has 0 amide bonds. The Kier molecular flexibility index (Phi) is 8.70. The Balaban J connectivity index is 1.85. The fourth-order valence-corrected chi connectivity index (χ4v) is 2.56. The summed E-state index contributed by atoms with van der Waals surface area (Å²) in [7, 11) is 0. The number of allylic oxidation sites excluding steroid dienone is 2. The number of nitrogens with one attached hydrogen (secondary N) is 1.